The molecule has 2 heterocycles. The minimum absolute atomic E-state index is 0.180. The fourth-order valence-corrected chi connectivity index (χ4v) is 2.73. The minimum Gasteiger partial charge on any atom is -0.465 e. The summed E-state index contributed by atoms with van der Waals surface area (Å²) in [5.41, 5.74) is 1.13. The van der Waals surface area contributed by atoms with Gasteiger partial charge in [0.1, 0.15) is 0 Å². The van der Waals surface area contributed by atoms with Crippen LogP contribution in [0.1, 0.15) is 25.3 Å². The van der Waals surface area contributed by atoms with Crippen LogP contribution in [0.5, 0.6) is 0 Å². The third kappa shape index (κ3) is 5.98. The lowest BCUT2D eigenvalue weighted by Crippen LogP contribution is -2.37. The third-order valence-electron chi connectivity index (χ3n) is 3.98. The van der Waals surface area contributed by atoms with E-state index in [9.17, 15) is 9.59 Å². The molecular weight excluding hydrogens is 294 g/mol. The first-order valence-corrected chi connectivity index (χ1v) is 8.23. The van der Waals surface area contributed by atoms with Crippen molar-refractivity contribution in [1.29, 1.82) is 0 Å². The average Bonchev–Trinajstić information content (AvgIpc) is 2.79. The molecule has 1 fully saturated rings. The van der Waals surface area contributed by atoms with Gasteiger partial charge in [-0.2, -0.15) is 0 Å². The van der Waals surface area contributed by atoms with Gasteiger partial charge in [-0.25, -0.2) is 0 Å². The Kier molecular flexibility index (Phi) is 7.00. The molecule has 23 heavy (non-hydrogen) atoms. The molecule has 1 aromatic heterocycles. The molecule has 0 N–H and O–H groups in total. The fourth-order valence-electron chi connectivity index (χ4n) is 2.73. The fraction of sp³-hybridized carbons (Fsp3) is 0.588. The molecule has 1 aromatic rings. The Labute approximate surface area is 137 Å². The molecule has 0 spiro atoms. The highest BCUT2D eigenvalue weighted by Crippen LogP contribution is 2.08. The van der Waals surface area contributed by atoms with Crippen LogP contribution in [0, 0.1) is 0 Å². The number of amides is 1. The van der Waals surface area contributed by atoms with Gasteiger partial charge in [0.15, 0.2) is 0 Å². The summed E-state index contributed by atoms with van der Waals surface area (Å²) in [6, 6.07) is 3.88. The van der Waals surface area contributed by atoms with E-state index in [1.54, 1.807) is 12.4 Å². The molecule has 0 aliphatic carbocycles. The molecule has 0 atom stereocenters. The van der Waals surface area contributed by atoms with E-state index in [0.29, 0.717) is 26.1 Å². The van der Waals surface area contributed by atoms with E-state index < -0.39 is 0 Å². The standard InChI is InChI=1S/C17H25N3O3/c1-2-23-17(22)14-19-10-3-11-20(13-12-19)16(21)5-4-15-6-8-18-9-7-15/h6-9H,2-5,10-14H2,1H3. The van der Waals surface area contributed by atoms with E-state index >= 15 is 0 Å². The van der Waals surface area contributed by atoms with Crippen molar-refractivity contribution >= 4 is 11.9 Å². The molecule has 0 bridgehead atoms. The van der Waals surface area contributed by atoms with Crippen molar-refractivity contribution in [2.75, 3.05) is 39.3 Å². The van der Waals surface area contributed by atoms with Crippen molar-refractivity contribution in [2.24, 2.45) is 0 Å². The second-order valence-electron chi connectivity index (χ2n) is 5.67. The molecule has 0 unspecified atom stereocenters. The first kappa shape index (κ1) is 17.4. The molecule has 0 radical (unpaired) electrons. The summed E-state index contributed by atoms with van der Waals surface area (Å²) in [7, 11) is 0. The number of aryl methyl sites for hydroxylation is 1. The third-order valence-corrected chi connectivity index (χ3v) is 3.98. The van der Waals surface area contributed by atoms with E-state index in [1.165, 1.54) is 0 Å². The number of nitrogens with zero attached hydrogens (tertiary/aromatic N) is 3. The molecule has 1 amide bonds. The number of aromatic nitrogens is 1. The molecule has 0 aromatic carbocycles. The minimum atomic E-state index is -0.190. The largest absolute Gasteiger partial charge is 0.465 e. The molecule has 1 saturated heterocycles. The molecule has 6 nitrogen and oxygen atoms in total. The Bertz CT molecular complexity index is 507. The highest BCUT2D eigenvalue weighted by molar-refractivity contribution is 5.76. The van der Waals surface area contributed by atoms with Gasteiger partial charge in [0.2, 0.25) is 5.91 Å². The number of carbonyl (C=O) groups excluding carboxylic acids is 2. The van der Waals surface area contributed by atoms with Crippen LogP contribution in [-0.2, 0) is 20.7 Å². The number of hydrogen-bond acceptors (Lipinski definition) is 5. The number of hydrogen-bond donors (Lipinski definition) is 0. The monoisotopic (exact) mass is 319 g/mol. The summed E-state index contributed by atoms with van der Waals surface area (Å²) in [5, 5.41) is 0. The Hall–Kier alpha value is -1.95. The van der Waals surface area contributed by atoms with Crippen molar-refractivity contribution in [3.05, 3.63) is 30.1 Å². The van der Waals surface area contributed by atoms with Crippen molar-refractivity contribution in [3.63, 3.8) is 0 Å². The van der Waals surface area contributed by atoms with Crippen LogP contribution < -0.4 is 0 Å². The van der Waals surface area contributed by atoms with Crippen LogP contribution in [0.3, 0.4) is 0 Å². The van der Waals surface area contributed by atoms with Gasteiger partial charge < -0.3 is 9.64 Å². The summed E-state index contributed by atoms with van der Waals surface area (Å²) < 4.78 is 4.98. The van der Waals surface area contributed by atoms with E-state index in [-0.39, 0.29) is 11.9 Å². The predicted molar refractivity (Wildman–Crippen MR) is 86.8 cm³/mol. The van der Waals surface area contributed by atoms with Gasteiger partial charge in [-0.1, -0.05) is 0 Å². The van der Waals surface area contributed by atoms with Crippen LogP contribution in [0.25, 0.3) is 0 Å². The summed E-state index contributed by atoms with van der Waals surface area (Å²) in [5.74, 6) is -0.00948. The van der Waals surface area contributed by atoms with Crippen LogP contribution in [0.15, 0.2) is 24.5 Å². The van der Waals surface area contributed by atoms with Crippen molar-refractivity contribution < 1.29 is 14.3 Å². The zero-order valence-corrected chi connectivity index (χ0v) is 13.7. The average molecular weight is 319 g/mol. The van der Waals surface area contributed by atoms with Crippen molar-refractivity contribution in [1.82, 2.24) is 14.8 Å². The summed E-state index contributed by atoms with van der Waals surface area (Å²) >= 11 is 0. The Morgan fingerprint density at radius 2 is 1.96 bits per heavy atom. The number of pyridine rings is 1. The van der Waals surface area contributed by atoms with Crippen molar-refractivity contribution in [3.8, 4) is 0 Å². The molecule has 126 valence electrons. The number of carbonyl (C=O) groups is 2. The summed E-state index contributed by atoms with van der Waals surface area (Å²) in [6.45, 7) is 5.51. The Balaban J connectivity index is 1.76. The maximum Gasteiger partial charge on any atom is 0.320 e. The van der Waals surface area contributed by atoms with Gasteiger partial charge in [0.25, 0.3) is 0 Å². The summed E-state index contributed by atoms with van der Waals surface area (Å²) in [4.78, 5) is 31.9. The molecular formula is C17H25N3O3. The normalized spacial score (nSPS) is 16.0. The molecule has 0 saturated carbocycles. The van der Waals surface area contributed by atoms with Gasteiger partial charge in [-0.15, -0.1) is 0 Å². The first-order chi connectivity index (χ1) is 11.2. The topological polar surface area (TPSA) is 62.7 Å². The van der Waals surface area contributed by atoms with E-state index in [0.717, 1.165) is 38.0 Å². The number of ether oxygens (including phenoxy) is 1. The Morgan fingerprint density at radius 3 is 2.70 bits per heavy atom. The van der Waals surface area contributed by atoms with Gasteiger partial charge in [0, 0.05) is 45.0 Å². The quantitative estimate of drug-likeness (QED) is 0.735. The lowest BCUT2D eigenvalue weighted by atomic mass is 10.1. The highest BCUT2D eigenvalue weighted by Gasteiger charge is 2.20. The summed E-state index contributed by atoms with van der Waals surface area (Å²) in [6.07, 6.45) is 5.64. The second-order valence-corrected chi connectivity index (χ2v) is 5.67. The molecule has 6 heteroatoms. The van der Waals surface area contributed by atoms with Gasteiger partial charge in [0.05, 0.1) is 13.2 Å². The molecule has 2 rings (SSSR count). The van der Waals surface area contributed by atoms with E-state index in [2.05, 4.69) is 9.88 Å². The maximum atomic E-state index is 12.4. The van der Waals surface area contributed by atoms with Crippen LogP contribution >= 0.6 is 0 Å². The van der Waals surface area contributed by atoms with E-state index in [1.807, 2.05) is 24.0 Å². The predicted octanol–water partition coefficient (Wildman–Crippen LogP) is 1.11. The SMILES string of the molecule is CCOC(=O)CN1CCCN(C(=O)CCc2ccncc2)CC1. The number of rotatable bonds is 6. The lowest BCUT2D eigenvalue weighted by Gasteiger charge is -2.21. The first-order valence-electron chi connectivity index (χ1n) is 8.23. The van der Waals surface area contributed by atoms with E-state index in [4.69, 9.17) is 4.74 Å². The van der Waals surface area contributed by atoms with Crippen LogP contribution in [0.4, 0.5) is 0 Å². The zero-order valence-electron chi connectivity index (χ0n) is 13.7. The smallest absolute Gasteiger partial charge is 0.320 e. The molecule has 1 aliphatic heterocycles. The van der Waals surface area contributed by atoms with Crippen LogP contribution in [-0.4, -0.2) is 66.0 Å². The highest BCUT2D eigenvalue weighted by atomic mass is 16.5. The maximum absolute atomic E-state index is 12.4. The van der Waals surface area contributed by atoms with Gasteiger partial charge in [-0.3, -0.25) is 19.5 Å². The molecule has 1 aliphatic rings. The lowest BCUT2D eigenvalue weighted by molar-refractivity contribution is -0.144. The van der Waals surface area contributed by atoms with Gasteiger partial charge in [-0.05, 0) is 37.5 Å². The van der Waals surface area contributed by atoms with Crippen LogP contribution in [0.2, 0.25) is 0 Å². The number of esters is 1. The Morgan fingerprint density at radius 1 is 1.17 bits per heavy atom. The second kappa shape index (κ2) is 9.25. The van der Waals surface area contributed by atoms with Crippen molar-refractivity contribution in [2.45, 2.75) is 26.2 Å². The zero-order chi connectivity index (χ0) is 16.5. The van der Waals surface area contributed by atoms with Gasteiger partial charge >= 0.3 is 5.97 Å².